The van der Waals surface area contributed by atoms with Crippen molar-refractivity contribution in [2.75, 3.05) is 25.1 Å². The maximum absolute atomic E-state index is 13.2. The van der Waals surface area contributed by atoms with Crippen molar-refractivity contribution in [3.05, 3.63) is 62.1 Å². The fourth-order valence-electron chi connectivity index (χ4n) is 4.47. The number of nitrogens with one attached hydrogen (secondary N) is 2. The molecule has 0 aromatic heterocycles. The second-order valence-electron chi connectivity index (χ2n) is 9.07. The largest absolute Gasteiger partial charge is 0.389 e. The third-order valence-corrected chi connectivity index (χ3v) is 7.78. The van der Waals surface area contributed by atoms with E-state index in [1.165, 1.54) is 0 Å². The number of amides is 3. The quantitative estimate of drug-likeness (QED) is 0.447. The number of hydrogen-bond acceptors (Lipinski definition) is 5. The van der Waals surface area contributed by atoms with Gasteiger partial charge < -0.3 is 30.1 Å². The fourth-order valence-corrected chi connectivity index (χ4v) is 5.09. The van der Waals surface area contributed by atoms with Crippen LogP contribution >= 0.6 is 46.4 Å². The molecule has 0 saturated carbocycles. The van der Waals surface area contributed by atoms with Gasteiger partial charge in [0.25, 0.3) is 0 Å². The Balaban J connectivity index is 1.36. The second-order valence-corrected chi connectivity index (χ2v) is 10.7. The molecule has 0 unspecified atom stereocenters. The van der Waals surface area contributed by atoms with Crippen LogP contribution in [-0.2, 0) is 20.8 Å². The number of fused-ring (bicyclic) bond motifs is 1. The highest BCUT2D eigenvalue weighted by molar-refractivity contribution is 6.42. The normalized spacial score (nSPS) is 24.0. The molecule has 200 valence electrons. The number of anilines is 1. The van der Waals surface area contributed by atoms with Crippen molar-refractivity contribution in [2.24, 2.45) is 0 Å². The SMILES string of the molecule is O=C(C[C@H]1CC[C@@H]2[C@H](COC[C@@H](O)CN2C(=O)Nc2ccc(Cl)c(Cl)c2)O1)NCc1ccc(Cl)c(Cl)c1. The van der Waals surface area contributed by atoms with E-state index in [9.17, 15) is 14.7 Å². The summed E-state index contributed by atoms with van der Waals surface area (Å²) in [5.74, 6) is -0.161. The number of carbonyl (C=O) groups is 2. The molecule has 0 bridgehead atoms. The van der Waals surface area contributed by atoms with Crippen LogP contribution in [0.2, 0.25) is 20.1 Å². The molecule has 4 atom stereocenters. The van der Waals surface area contributed by atoms with E-state index in [2.05, 4.69) is 10.6 Å². The van der Waals surface area contributed by atoms with Gasteiger partial charge >= 0.3 is 6.03 Å². The summed E-state index contributed by atoms with van der Waals surface area (Å²) >= 11 is 24.0. The minimum Gasteiger partial charge on any atom is -0.389 e. The number of aliphatic hydroxyl groups is 1. The van der Waals surface area contributed by atoms with Crippen molar-refractivity contribution >= 4 is 64.0 Å². The minimum atomic E-state index is -0.842. The highest BCUT2D eigenvalue weighted by Crippen LogP contribution is 2.30. The van der Waals surface area contributed by atoms with Crippen LogP contribution in [0.3, 0.4) is 0 Å². The van der Waals surface area contributed by atoms with E-state index >= 15 is 0 Å². The molecule has 0 aliphatic carbocycles. The molecule has 2 aromatic rings. The number of nitrogens with zero attached hydrogens (tertiary/aromatic N) is 1. The van der Waals surface area contributed by atoms with E-state index in [4.69, 9.17) is 55.9 Å². The van der Waals surface area contributed by atoms with Crippen LogP contribution in [0.1, 0.15) is 24.8 Å². The molecule has 2 heterocycles. The molecule has 2 aliphatic rings. The molecular weight excluding hydrogens is 564 g/mol. The summed E-state index contributed by atoms with van der Waals surface area (Å²) in [5, 5.41) is 17.6. The summed E-state index contributed by atoms with van der Waals surface area (Å²) in [6.45, 7) is 0.655. The number of ether oxygens (including phenoxy) is 2. The van der Waals surface area contributed by atoms with Gasteiger partial charge in [-0.25, -0.2) is 4.79 Å². The van der Waals surface area contributed by atoms with Crippen LogP contribution in [-0.4, -0.2) is 66.1 Å². The molecule has 8 nitrogen and oxygen atoms in total. The van der Waals surface area contributed by atoms with E-state index in [-0.39, 0.29) is 44.2 Å². The van der Waals surface area contributed by atoms with Gasteiger partial charge in [0.15, 0.2) is 0 Å². The number of urea groups is 1. The van der Waals surface area contributed by atoms with E-state index in [0.717, 1.165) is 5.56 Å². The third-order valence-electron chi connectivity index (χ3n) is 6.30. The lowest BCUT2D eigenvalue weighted by molar-refractivity contribution is -0.149. The van der Waals surface area contributed by atoms with Gasteiger partial charge in [0.1, 0.15) is 6.10 Å². The van der Waals surface area contributed by atoms with E-state index in [1.807, 2.05) is 0 Å². The van der Waals surface area contributed by atoms with Crippen LogP contribution in [0.25, 0.3) is 0 Å². The van der Waals surface area contributed by atoms with Gasteiger partial charge in [-0.3, -0.25) is 4.79 Å². The maximum atomic E-state index is 13.2. The molecule has 3 N–H and O–H groups in total. The van der Waals surface area contributed by atoms with Crippen LogP contribution in [0.5, 0.6) is 0 Å². The van der Waals surface area contributed by atoms with Crippen LogP contribution in [0.4, 0.5) is 10.5 Å². The Morgan fingerprint density at radius 2 is 1.70 bits per heavy atom. The molecule has 2 fully saturated rings. The van der Waals surface area contributed by atoms with Crippen molar-refractivity contribution < 1.29 is 24.2 Å². The minimum absolute atomic E-state index is 0.0674. The third kappa shape index (κ3) is 7.63. The summed E-state index contributed by atoms with van der Waals surface area (Å²) in [5.41, 5.74) is 1.32. The fraction of sp³-hybridized carbons (Fsp3) is 0.440. The molecule has 3 amide bonds. The maximum Gasteiger partial charge on any atom is 0.322 e. The number of carbonyl (C=O) groups excluding carboxylic acids is 2. The predicted octanol–water partition coefficient (Wildman–Crippen LogP) is 5.15. The van der Waals surface area contributed by atoms with Crippen molar-refractivity contribution in [1.82, 2.24) is 10.2 Å². The Morgan fingerprint density at radius 1 is 0.973 bits per heavy atom. The lowest BCUT2D eigenvalue weighted by Gasteiger charge is -2.44. The van der Waals surface area contributed by atoms with Crippen molar-refractivity contribution in [3.8, 4) is 0 Å². The number of β-amino-alcohol motifs (C(OH)–C–C–N with tert-alkyl or cyclic N) is 1. The van der Waals surface area contributed by atoms with Gasteiger partial charge in [0, 0.05) is 12.2 Å². The Hall–Kier alpha value is -1.78. The van der Waals surface area contributed by atoms with E-state index in [1.54, 1.807) is 41.3 Å². The van der Waals surface area contributed by atoms with E-state index in [0.29, 0.717) is 45.2 Å². The summed E-state index contributed by atoms with van der Waals surface area (Å²) in [6.07, 6.45) is -0.307. The number of hydrogen-bond donors (Lipinski definition) is 3. The summed E-state index contributed by atoms with van der Waals surface area (Å²) in [4.78, 5) is 27.4. The van der Waals surface area contributed by atoms with Crippen LogP contribution < -0.4 is 10.6 Å². The number of aliphatic hydroxyl groups excluding tert-OH is 1. The van der Waals surface area contributed by atoms with Crippen molar-refractivity contribution in [3.63, 3.8) is 0 Å². The molecular formula is C25H27Cl4N3O5. The zero-order valence-electron chi connectivity index (χ0n) is 19.8. The van der Waals surface area contributed by atoms with Gasteiger partial charge in [-0.15, -0.1) is 0 Å². The second kappa shape index (κ2) is 12.8. The Bertz CT molecular complexity index is 1140. The highest BCUT2D eigenvalue weighted by Gasteiger charge is 2.40. The molecule has 37 heavy (non-hydrogen) atoms. The molecule has 12 heteroatoms. The summed E-state index contributed by atoms with van der Waals surface area (Å²) in [7, 11) is 0. The number of halogens is 4. The lowest BCUT2D eigenvalue weighted by atomic mass is 9.95. The van der Waals surface area contributed by atoms with Gasteiger partial charge in [-0.1, -0.05) is 52.5 Å². The molecule has 2 aliphatic heterocycles. The smallest absolute Gasteiger partial charge is 0.322 e. The molecule has 4 rings (SSSR count). The summed E-state index contributed by atoms with van der Waals surface area (Å²) in [6, 6.07) is 9.27. The molecule has 2 saturated heterocycles. The first-order valence-electron chi connectivity index (χ1n) is 11.8. The molecule has 2 aromatic carbocycles. The topological polar surface area (TPSA) is 100 Å². The average molecular weight is 591 g/mol. The van der Waals surface area contributed by atoms with Crippen molar-refractivity contribution in [2.45, 2.75) is 50.2 Å². The number of benzene rings is 2. The first-order chi connectivity index (χ1) is 17.7. The van der Waals surface area contributed by atoms with Gasteiger partial charge in [0.05, 0.1) is 64.5 Å². The standard InChI is InChI=1S/C25H27Cl4N3O5/c26-18-4-1-14(7-20(18)28)10-30-24(34)9-17-3-6-22-23(37-17)13-36-12-16(33)11-32(22)25(35)31-15-2-5-19(27)21(29)8-15/h1-2,4-5,7-8,16-17,22-23,33H,3,6,9-13H2,(H,30,34)(H,31,35)/t16-,17+,22+,23-/m0/s1. The zero-order chi connectivity index (χ0) is 26.5. The predicted molar refractivity (Wildman–Crippen MR) is 144 cm³/mol. The monoisotopic (exact) mass is 589 g/mol. The molecule has 0 spiro atoms. The zero-order valence-corrected chi connectivity index (χ0v) is 22.8. The Kier molecular flexibility index (Phi) is 9.80. The van der Waals surface area contributed by atoms with Crippen LogP contribution in [0.15, 0.2) is 36.4 Å². The first kappa shape index (κ1) is 28.2. The van der Waals surface area contributed by atoms with Gasteiger partial charge in [-0.2, -0.15) is 0 Å². The van der Waals surface area contributed by atoms with E-state index < -0.39 is 18.2 Å². The summed E-state index contributed by atoms with van der Waals surface area (Å²) < 4.78 is 11.8. The Morgan fingerprint density at radius 3 is 2.43 bits per heavy atom. The first-order valence-corrected chi connectivity index (χ1v) is 13.4. The lowest BCUT2D eigenvalue weighted by Crippen LogP contribution is -2.58. The average Bonchev–Trinajstić information content (AvgIpc) is 2.85. The van der Waals surface area contributed by atoms with Gasteiger partial charge in [-0.05, 0) is 48.7 Å². The highest BCUT2D eigenvalue weighted by atomic mass is 35.5. The van der Waals surface area contributed by atoms with Crippen molar-refractivity contribution in [1.29, 1.82) is 0 Å². The number of rotatable bonds is 5. The molecule has 0 radical (unpaired) electrons. The van der Waals surface area contributed by atoms with Crippen LogP contribution in [0, 0.1) is 0 Å². The Labute approximate surface area is 235 Å². The van der Waals surface area contributed by atoms with Gasteiger partial charge in [0.2, 0.25) is 5.91 Å².